The Kier molecular flexibility index (Phi) is 5.91. The van der Waals surface area contributed by atoms with Crippen molar-refractivity contribution in [1.82, 2.24) is 15.3 Å². The molecule has 1 atom stereocenters. The number of methoxy groups -OCH3 is 1. The lowest BCUT2D eigenvalue weighted by Gasteiger charge is -2.16. The number of nitrogens with one attached hydrogen (secondary N) is 1. The zero-order chi connectivity index (χ0) is 15.8. The Morgan fingerprint density at radius 2 is 1.86 bits per heavy atom. The Hall–Kier alpha value is -2.41. The van der Waals surface area contributed by atoms with E-state index >= 15 is 0 Å². The lowest BCUT2D eigenvalue weighted by atomic mass is 10.1. The van der Waals surface area contributed by atoms with Gasteiger partial charge in [-0.05, 0) is 11.6 Å². The average molecular weight is 317 g/mol. The van der Waals surface area contributed by atoms with Gasteiger partial charge in [-0.25, -0.2) is 14.8 Å². The zero-order valence-corrected chi connectivity index (χ0v) is 12.7. The number of aromatic nitrogens is 2. The first-order chi connectivity index (χ1) is 10.7. The van der Waals surface area contributed by atoms with Crippen molar-refractivity contribution < 1.29 is 14.3 Å². The summed E-state index contributed by atoms with van der Waals surface area (Å²) in [5.41, 5.74) is 0.670. The molecule has 6 nitrogen and oxygen atoms in total. The molecule has 2 aromatic rings. The molecular weight excluding hydrogens is 302 g/mol. The van der Waals surface area contributed by atoms with Crippen LogP contribution in [0.3, 0.4) is 0 Å². The number of hydrogen-bond acceptors (Lipinski definition) is 6. The van der Waals surface area contributed by atoms with Gasteiger partial charge in [0.2, 0.25) is 5.91 Å². The monoisotopic (exact) mass is 317 g/mol. The molecule has 2 rings (SSSR count). The molecule has 22 heavy (non-hydrogen) atoms. The third kappa shape index (κ3) is 4.56. The summed E-state index contributed by atoms with van der Waals surface area (Å²) < 4.78 is 4.75. The van der Waals surface area contributed by atoms with Gasteiger partial charge in [-0.3, -0.25) is 4.79 Å². The SMILES string of the molecule is COC(=O)[C@@H](NC(=O)CSc1ncccn1)c1ccccc1. The van der Waals surface area contributed by atoms with Crippen molar-refractivity contribution in [3.05, 3.63) is 54.4 Å². The van der Waals surface area contributed by atoms with E-state index in [0.717, 1.165) is 0 Å². The summed E-state index contributed by atoms with van der Waals surface area (Å²) in [6.07, 6.45) is 3.21. The smallest absolute Gasteiger partial charge is 0.333 e. The number of benzene rings is 1. The van der Waals surface area contributed by atoms with Crippen LogP contribution in [-0.2, 0) is 14.3 Å². The number of ether oxygens (including phenoxy) is 1. The molecule has 0 bridgehead atoms. The third-order valence-corrected chi connectivity index (χ3v) is 3.63. The lowest BCUT2D eigenvalue weighted by Crippen LogP contribution is -2.35. The Balaban J connectivity index is 1.98. The zero-order valence-electron chi connectivity index (χ0n) is 11.9. The third-order valence-electron chi connectivity index (χ3n) is 2.75. The number of carbonyl (C=O) groups excluding carboxylic acids is 2. The van der Waals surface area contributed by atoms with Crippen molar-refractivity contribution in [2.24, 2.45) is 0 Å². The van der Waals surface area contributed by atoms with Crippen molar-refractivity contribution >= 4 is 23.6 Å². The Morgan fingerprint density at radius 3 is 2.50 bits per heavy atom. The quantitative estimate of drug-likeness (QED) is 0.495. The number of thioether (sulfide) groups is 1. The number of carbonyl (C=O) groups is 2. The maximum Gasteiger partial charge on any atom is 0.333 e. The highest BCUT2D eigenvalue weighted by Crippen LogP contribution is 2.16. The number of hydrogen-bond donors (Lipinski definition) is 1. The van der Waals surface area contributed by atoms with Crippen LogP contribution < -0.4 is 5.32 Å². The van der Waals surface area contributed by atoms with Gasteiger partial charge in [0.1, 0.15) is 0 Å². The highest BCUT2D eigenvalue weighted by Gasteiger charge is 2.23. The second kappa shape index (κ2) is 8.14. The van der Waals surface area contributed by atoms with Gasteiger partial charge in [0.15, 0.2) is 11.2 Å². The molecule has 1 aromatic heterocycles. The van der Waals surface area contributed by atoms with Gasteiger partial charge in [0, 0.05) is 12.4 Å². The van der Waals surface area contributed by atoms with Gasteiger partial charge in [-0.15, -0.1) is 0 Å². The predicted octanol–water partition coefficient (Wildman–Crippen LogP) is 1.60. The Labute approximate surface area is 132 Å². The van der Waals surface area contributed by atoms with E-state index in [2.05, 4.69) is 15.3 Å². The van der Waals surface area contributed by atoms with Gasteiger partial charge in [0.25, 0.3) is 0 Å². The topological polar surface area (TPSA) is 81.2 Å². The van der Waals surface area contributed by atoms with Crippen LogP contribution in [0, 0.1) is 0 Å². The van der Waals surface area contributed by atoms with Crippen molar-refractivity contribution in [2.75, 3.05) is 12.9 Å². The molecule has 0 spiro atoms. The molecule has 1 amide bonds. The first-order valence-corrected chi connectivity index (χ1v) is 7.51. The van der Waals surface area contributed by atoms with Crippen LogP contribution in [0.5, 0.6) is 0 Å². The van der Waals surface area contributed by atoms with Gasteiger partial charge in [0.05, 0.1) is 12.9 Å². The normalized spacial score (nSPS) is 11.5. The molecule has 7 heteroatoms. The van der Waals surface area contributed by atoms with Crippen LogP contribution in [0.25, 0.3) is 0 Å². The summed E-state index contributed by atoms with van der Waals surface area (Å²) in [6, 6.07) is 9.82. The minimum absolute atomic E-state index is 0.115. The molecule has 0 fully saturated rings. The van der Waals surface area contributed by atoms with Crippen LogP contribution in [0.1, 0.15) is 11.6 Å². The molecule has 0 aliphatic carbocycles. The van der Waals surface area contributed by atoms with Crippen molar-refractivity contribution in [1.29, 1.82) is 0 Å². The lowest BCUT2D eigenvalue weighted by molar-refractivity contribution is -0.145. The van der Waals surface area contributed by atoms with E-state index in [1.165, 1.54) is 18.9 Å². The van der Waals surface area contributed by atoms with Crippen molar-refractivity contribution in [3.63, 3.8) is 0 Å². The number of nitrogens with zero attached hydrogens (tertiary/aromatic N) is 2. The minimum Gasteiger partial charge on any atom is -0.467 e. The largest absolute Gasteiger partial charge is 0.467 e. The second-order valence-corrected chi connectivity index (χ2v) is 5.20. The first kappa shape index (κ1) is 16.0. The fraction of sp³-hybridized carbons (Fsp3) is 0.200. The van der Waals surface area contributed by atoms with E-state index in [1.807, 2.05) is 6.07 Å². The summed E-state index contributed by atoms with van der Waals surface area (Å²) in [7, 11) is 1.29. The summed E-state index contributed by atoms with van der Waals surface area (Å²) in [6.45, 7) is 0. The van der Waals surface area contributed by atoms with Crippen molar-refractivity contribution in [2.45, 2.75) is 11.2 Å². The second-order valence-electron chi connectivity index (χ2n) is 4.25. The van der Waals surface area contributed by atoms with Crippen molar-refractivity contribution in [3.8, 4) is 0 Å². The van der Waals surface area contributed by atoms with Gasteiger partial charge < -0.3 is 10.1 Å². The van der Waals surface area contributed by atoms with Gasteiger partial charge in [-0.1, -0.05) is 42.1 Å². The van der Waals surface area contributed by atoms with Crippen LogP contribution in [0.15, 0.2) is 53.9 Å². The van der Waals surface area contributed by atoms with E-state index in [9.17, 15) is 9.59 Å². The summed E-state index contributed by atoms with van der Waals surface area (Å²) in [5.74, 6) is -0.693. The first-order valence-electron chi connectivity index (χ1n) is 6.52. The van der Waals surface area contributed by atoms with Gasteiger partial charge >= 0.3 is 5.97 Å². The average Bonchev–Trinajstić information content (AvgIpc) is 2.59. The molecule has 1 N–H and O–H groups in total. The standard InChI is InChI=1S/C15H15N3O3S/c1-21-14(20)13(11-6-3-2-4-7-11)18-12(19)10-22-15-16-8-5-9-17-15/h2-9,13H,10H2,1H3,(H,18,19)/t13-/m0/s1. The highest BCUT2D eigenvalue weighted by atomic mass is 32.2. The summed E-state index contributed by atoms with van der Waals surface area (Å²) in [5, 5.41) is 3.17. The van der Waals surface area contributed by atoms with E-state index in [4.69, 9.17) is 4.74 Å². The molecule has 0 saturated heterocycles. The van der Waals surface area contributed by atoms with E-state index in [-0.39, 0.29) is 11.7 Å². The van der Waals surface area contributed by atoms with Crippen LogP contribution in [-0.4, -0.2) is 34.7 Å². The van der Waals surface area contributed by atoms with E-state index in [1.54, 1.807) is 42.7 Å². The predicted molar refractivity (Wildman–Crippen MR) is 82.1 cm³/mol. The van der Waals surface area contributed by atoms with E-state index in [0.29, 0.717) is 10.7 Å². The maximum absolute atomic E-state index is 12.0. The molecule has 114 valence electrons. The molecule has 1 heterocycles. The van der Waals surface area contributed by atoms with Gasteiger partial charge in [-0.2, -0.15) is 0 Å². The minimum atomic E-state index is -0.823. The molecule has 0 radical (unpaired) electrons. The molecule has 1 aromatic carbocycles. The summed E-state index contributed by atoms with van der Waals surface area (Å²) >= 11 is 1.20. The summed E-state index contributed by atoms with van der Waals surface area (Å²) in [4.78, 5) is 31.9. The van der Waals surface area contributed by atoms with Crippen LogP contribution in [0.2, 0.25) is 0 Å². The molecular formula is C15H15N3O3S. The highest BCUT2D eigenvalue weighted by molar-refractivity contribution is 7.99. The molecule has 0 unspecified atom stereocenters. The Morgan fingerprint density at radius 1 is 1.18 bits per heavy atom. The number of esters is 1. The number of rotatable bonds is 6. The van der Waals surface area contributed by atoms with E-state index < -0.39 is 12.0 Å². The van der Waals surface area contributed by atoms with Crippen LogP contribution >= 0.6 is 11.8 Å². The fourth-order valence-corrected chi connectivity index (χ4v) is 2.35. The fourth-order valence-electron chi connectivity index (χ4n) is 1.73. The Bertz CT molecular complexity index is 622. The maximum atomic E-state index is 12.0. The molecule has 0 aliphatic rings. The molecule has 0 saturated carbocycles. The number of amides is 1. The van der Waals surface area contributed by atoms with Crippen LogP contribution in [0.4, 0.5) is 0 Å². The molecule has 0 aliphatic heterocycles.